The average molecular weight is 502 g/mol. The van der Waals surface area contributed by atoms with Crippen molar-refractivity contribution >= 4 is 55.9 Å². The Hall–Kier alpha value is -2.98. The van der Waals surface area contributed by atoms with Crippen molar-refractivity contribution in [3.63, 3.8) is 0 Å². The Morgan fingerprint density at radius 3 is 2.62 bits per heavy atom. The predicted molar refractivity (Wildman–Crippen MR) is 127 cm³/mol. The molecule has 5 aromatic rings. The number of sulfonamides is 1. The second-order valence-electron chi connectivity index (χ2n) is 6.75. The minimum absolute atomic E-state index is 0.0823. The van der Waals surface area contributed by atoms with E-state index in [4.69, 9.17) is 23.2 Å². The Morgan fingerprint density at radius 2 is 1.81 bits per heavy atom. The fourth-order valence-electron chi connectivity index (χ4n) is 3.14. The van der Waals surface area contributed by atoms with Gasteiger partial charge in [-0.2, -0.15) is 9.61 Å². The summed E-state index contributed by atoms with van der Waals surface area (Å²) in [7, 11) is -3.94. The molecule has 0 spiro atoms. The Bertz CT molecular complexity index is 1550. The summed E-state index contributed by atoms with van der Waals surface area (Å²) in [5.74, 6) is 0.643. The van der Waals surface area contributed by atoms with Crippen LogP contribution in [0.1, 0.15) is 0 Å². The minimum atomic E-state index is -3.94. The highest BCUT2D eigenvalue weighted by molar-refractivity contribution is 7.92. The first-order chi connectivity index (χ1) is 15.4. The van der Waals surface area contributed by atoms with Gasteiger partial charge in [0, 0.05) is 16.3 Å². The fraction of sp³-hybridized carbons (Fsp3) is 0. The number of fused-ring (bicyclic) bond motifs is 1. The molecule has 5 rings (SSSR count). The molecule has 0 amide bonds. The molecule has 2 aromatic carbocycles. The third kappa shape index (κ3) is 3.95. The van der Waals surface area contributed by atoms with Crippen LogP contribution < -0.4 is 4.72 Å². The topological polar surface area (TPSA) is 89.2 Å². The van der Waals surface area contributed by atoms with Gasteiger partial charge in [0.25, 0.3) is 10.0 Å². The predicted octanol–water partition coefficient (Wildman–Crippen LogP) is 5.63. The summed E-state index contributed by atoms with van der Waals surface area (Å²) in [6, 6.07) is 18.7. The van der Waals surface area contributed by atoms with Crippen LogP contribution in [0.15, 0.2) is 77.0 Å². The van der Waals surface area contributed by atoms with Gasteiger partial charge in [0.1, 0.15) is 4.90 Å². The molecule has 32 heavy (non-hydrogen) atoms. The van der Waals surface area contributed by atoms with Gasteiger partial charge in [0.15, 0.2) is 11.5 Å². The van der Waals surface area contributed by atoms with E-state index in [1.54, 1.807) is 34.1 Å². The maximum Gasteiger partial charge on any atom is 0.263 e. The van der Waals surface area contributed by atoms with Gasteiger partial charge in [-0.15, -0.1) is 21.5 Å². The standard InChI is InChI=1S/C21H13Cl2N5O2S2/c22-14-6-7-16(23)19(12-14)32(29,30)27-15-4-1-3-13(11-15)17-8-9-20-24-25-21(28(20)26-17)18-5-2-10-31-18/h1-12,27H. The quantitative estimate of drug-likeness (QED) is 0.337. The van der Waals surface area contributed by atoms with Crippen molar-refractivity contribution in [3.05, 3.63) is 82.2 Å². The summed E-state index contributed by atoms with van der Waals surface area (Å²) in [5, 5.41) is 15.4. The van der Waals surface area contributed by atoms with E-state index in [-0.39, 0.29) is 14.9 Å². The number of benzene rings is 2. The fourth-order valence-corrected chi connectivity index (χ4v) is 5.64. The molecule has 0 saturated heterocycles. The highest BCUT2D eigenvalue weighted by Crippen LogP contribution is 2.29. The molecule has 7 nitrogen and oxygen atoms in total. The lowest BCUT2D eigenvalue weighted by Gasteiger charge is -2.11. The average Bonchev–Trinajstić information content (AvgIpc) is 3.44. The van der Waals surface area contributed by atoms with Crippen molar-refractivity contribution in [2.45, 2.75) is 4.90 Å². The highest BCUT2D eigenvalue weighted by Gasteiger charge is 2.19. The van der Waals surface area contributed by atoms with E-state index in [1.165, 1.54) is 18.2 Å². The summed E-state index contributed by atoms with van der Waals surface area (Å²) in [5.41, 5.74) is 2.33. The lowest BCUT2D eigenvalue weighted by molar-refractivity contribution is 0.601. The third-order valence-corrected chi connectivity index (χ3v) is 7.56. The Kier molecular flexibility index (Phi) is 5.34. The molecule has 0 aliphatic carbocycles. The molecule has 160 valence electrons. The van der Waals surface area contributed by atoms with E-state index in [0.29, 0.717) is 22.9 Å². The highest BCUT2D eigenvalue weighted by atomic mass is 35.5. The minimum Gasteiger partial charge on any atom is -0.280 e. The van der Waals surface area contributed by atoms with Crippen LogP contribution in [0.3, 0.4) is 0 Å². The maximum atomic E-state index is 12.8. The molecule has 1 N–H and O–H groups in total. The van der Waals surface area contributed by atoms with Crippen molar-refractivity contribution in [1.29, 1.82) is 0 Å². The number of thiophene rings is 1. The summed E-state index contributed by atoms with van der Waals surface area (Å²) < 4.78 is 29.9. The largest absolute Gasteiger partial charge is 0.280 e. The number of rotatable bonds is 5. The van der Waals surface area contributed by atoms with Crippen LogP contribution in [0.4, 0.5) is 5.69 Å². The SMILES string of the molecule is O=S(=O)(Nc1cccc(-c2ccc3nnc(-c4cccs4)n3n2)c1)c1cc(Cl)ccc1Cl. The zero-order valence-corrected chi connectivity index (χ0v) is 19.3. The zero-order valence-electron chi connectivity index (χ0n) is 16.1. The molecule has 0 radical (unpaired) electrons. The Balaban J connectivity index is 1.51. The number of hydrogen-bond acceptors (Lipinski definition) is 6. The molecule has 0 aliphatic rings. The number of nitrogens with one attached hydrogen (secondary N) is 1. The van der Waals surface area contributed by atoms with Gasteiger partial charge in [-0.1, -0.05) is 41.4 Å². The van der Waals surface area contributed by atoms with E-state index in [0.717, 1.165) is 10.4 Å². The smallest absolute Gasteiger partial charge is 0.263 e. The van der Waals surface area contributed by atoms with Gasteiger partial charge in [-0.3, -0.25) is 4.72 Å². The third-order valence-electron chi connectivity index (χ3n) is 4.60. The number of aromatic nitrogens is 4. The van der Waals surface area contributed by atoms with Crippen LogP contribution in [-0.2, 0) is 10.0 Å². The molecular formula is C21H13Cl2N5O2S2. The molecule has 0 atom stereocenters. The van der Waals surface area contributed by atoms with Crippen molar-refractivity contribution in [2.75, 3.05) is 4.72 Å². The van der Waals surface area contributed by atoms with E-state index < -0.39 is 10.0 Å². The normalized spacial score (nSPS) is 11.7. The molecule has 0 saturated carbocycles. The molecule has 0 aliphatic heterocycles. The van der Waals surface area contributed by atoms with Crippen LogP contribution in [0.2, 0.25) is 10.0 Å². The summed E-state index contributed by atoms with van der Waals surface area (Å²) >= 11 is 13.6. The van der Waals surface area contributed by atoms with Crippen LogP contribution in [0.5, 0.6) is 0 Å². The van der Waals surface area contributed by atoms with Gasteiger partial charge in [-0.05, 0) is 53.9 Å². The number of halogens is 2. The molecule has 0 unspecified atom stereocenters. The Labute approximate surface area is 197 Å². The molecule has 3 aromatic heterocycles. The van der Waals surface area contributed by atoms with Gasteiger partial charge < -0.3 is 0 Å². The Morgan fingerprint density at radius 1 is 0.938 bits per heavy atom. The van der Waals surface area contributed by atoms with Crippen LogP contribution in [-0.4, -0.2) is 28.2 Å². The van der Waals surface area contributed by atoms with E-state index in [1.807, 2.05) is 35.7 Å². The van der Waals surface area contributed by atoms with Crippen LogP contribution in [0.25, 0.3) is 27.6 Å². The number of hydrogen-bond donors (Lipinski definition) is 1. The second kappa shape index (κ2) is 8.18. The van der Waals surface area contributed by atoms with Gasteiger partial charge in [-0.25, -0.2) is 8.42 Å². The number of nitrogens with zero attached hydrogens (tertiary/aromatic N) is 4. The van der Waals surface area contributed by atoms with E-state index in [2.05, 4.69) is 20.0 Å². The molecule has 0 bridgehead atoms. The van der Waals surface area contributed by atoms with E-state index >= 15 is 0 Å². The molecular weight excluding hydrogens is 489 g/mol. The zero-order chi connectivity index (χ0) is 22.3. The lowest BCUT2D eigenvalue weighted by Crippen LogP contribution is -2.13. The van der Waals surface area contributed by atoms with Crippen molar-refractivity contribution < 1.29 is 8.42 Å². The first kappa shape index (κ1) is 20.9. The molecule has 3 heterocycles. The first-order valence-corrected chi connectivity index (χ1v) is 12.4. The van der Waals surface area contributed by atoms with Crippen molar-refractivity contribution in [1.82, 2.24) is 19.8 Å². The maximum absolute atomic E-state index is 12.8. The monoisotopic (exact) mass is 501 g/mol. The first-order valence-electron chi connectivity index (χ1n) is 9.25. The van der Waals surface area contributed by atoms with Crippen LogP contribution in [0, 0.1) is 0 Å². The second-order valence-corrected chi connectivity index (χ2v) is 10.2. The van der Waals surface area contributed by atoms with Gasteiger partial charge in [0.2, 0.25) is 0 Å². The number of anilines is 1. The van der Waals surface area contributed by atoms with E-state index in [9.17, 15) is 8.42 Å². The van der Waals surface area contributed by atoms with Crippen molar-refractivity contribution in [3.8, 4) is 22.0 Å². The summed E-state index contributed by atoms with van der Waals surface area (Å²) in [4.78, 5) is 0.851. The van der Waals surface area contributed by atoms with Crippen molar-refractivity contribution in [2.24, 2.45) is 0 Å². The molecule has 11 heteroatoms. The lowest BCUT2D eigenvalue weighted by atomic mass is 10.1. The summed E-state index contributed by atoms with van der Waals surface area (Å²) in [6.45, 7) is 0. The summed E-state index contributed by atoms with van der Waals surface area (Å²) in [6.07, 6.45) is 0. The van der Waals surface area contributed by atoms with Gasteiger partial charge in [0.05, 0.1) is 15.6 Å². The van der Waals surface area contributed by atoms with Crippen LogP contribution >= 0.6 is 34.5 Å². The molecule has 0 fully saturated rings. The van der Waals surface area contributed by atoms with Gasteiger partial charge >= 0.3 is 0 Å².